The molecule has 0 bridgehead atoms. The summed E-state index contributed by atoms with van der Waals surface area (Å²) in [4.78, 5) is 15.8. The third-order valence-electron chi connectivity index (χ3n) is 3.51. The van der Waals surface area contributed by atoms with Crippen molar-refractivity contribution in [3.8, 4) is 28.3 Å². The van der Waals surface area contributed by atoms with Gasteiger partial charge in [0.15, 0.2) is 0 Å². The number of aromatic nitrogens is 1. The van der Waals surface area contributed by atoms with E-state index in [2.05, 4.69) is 4.98 Å². The zero-order valence-corrected chi connectivity index (χ0v) is 12.5. The first-order chi connectivity index (χ1) is 11.2. The highest BCUT2D eigenvalue weighted by molar-refractivity contribution is 5.81. The fraction of sp³-hybridized carbons (Fsp3) is 0.0526. The van der Waals surface area contributed by atoms with E-state index in [9.17, 15) is 9.18 Å². The second kappa shape index (κ2) is 6.40. The Kier molecular flexibility index (Phi) is 4.15. The maximum absolute atomic E-state index is 13.1. The number of benzene rings is 2. The minimum atomic E-state index is -0.310. The number of aldehydes is 1. The molecule has 0 aliphatic heterocycles. The third-order valence-corrected chi connectivity index (χ3v) is 3.51. The van der Waals surface area contributed by atoms with Crippen LogP contribution in [-0.2, 0) is 0 Å². The Bertz CT molecular complexity index is 827. The number of rotatable bonds is 4. The lowest BCUT2D eigenvalue weighted by molar-refractivity contribution is 0.112. The number of hydrogen-bond donors (Lipinski definition) is 0. The maximum atomic E-state index is 13.1. The standard InChI is InChI=1S/C19H14FNO2/c1-23-17-8-4-15(5-9-17)19-11-13(12-22)10-18(21-19)14-2-6-16(20)7-3-14/h2-12H,1H3. The van der Waals surface area contributed by atoms with E-state index in [1.54, 1.807) is 31.4 Å². The lowest BCUT2D eigenvalue weighted by Gasteiger charge is -2.08. The summed E-state index contributed by atoms with van der Waals surface area (Å²) in [6.07, 6.45) is 0.779. The van der Waals surface area contributed by atoms with Crippen LogP contribution in [0, 0.1) is 5.82 Å². The Morgan fingerprint density at radius 1 is 0.913 bits per heavy atom. The third kappa shape index (κ3) is 3.26. The van der Waals surface area contributed by atoms with E-state index in [0.717, 1.165) is 23.2 Å². The van der Waals surface area contributed by atoms with Crippen molar-refractivity contribution in [3.05, 3.63) is 72.0 Å². The molecular formula is C19H14FNO2. The molecule has 114 valence electrons. The lowest BCUT2D eigenvalue weighted by atomic mass is 10.1. The Hall–Kier alpha value is -3.01. The smallest absolute Gasteiger partial charge is 0.150 e. The highest BCUT2D eigenvalue weighted by Gasteiger charge is 2.07. The van der Waals surface area contributed by atoms with E-state index in [1.807, 2.05) is 24.3 Å². The average molecular weight is 307 g/mol. The molecule has 3 nitrogen and oxygen atoms in total. The zero-order valence-electron chi connectivity index (χ0n) is 12.5. The second-order valence-electron chi connectivity index (χ2n) is 5.02. The van der Waals surface area contributed by atoms with Gasteiger partial charge in [-0.3, -0.25) is 4.79 Å². The number of pyridine rings is 1. The number of halogens is 1. The molecule has 3 rings (SSSR count). The van der Waals surface area contributed by atoms with Gasteiger partial charge in [0, 0.05) is 16.7 Å². The molecule has 0 atom stereocenters. The van der Waals surface area contributed by atoms with Gasteiger partial charge in [0.1, 0.15) is 17.9 Å². The van der Waals surface area contributed by atoms with Crippen molar-refractivity contribution in [2.45, 2.75) is 0 Å². The van der Waals surface area contributed by atoms with Crippen LogP contribution in [0.3, 0.4) is 0 Å². The molecule has 0 aliphatic rings. The summed E-state index contributed by atoms with van der Waals surface area (Å²) in [7, 11) is 1.60. The summed E-state index contributed by atoms with van der Waals surface area (Å²) >= 11 is 0. The molecule has 0 aliphatic carbocycles. The molecular weight excluding hydrogens is 293 g/mol. The van der Waals surface area contributed by atoms with Crippen LogP contribution in [0.1, 0.15) is 10.4 Å². The molecule has 0 saturated carbocycles. The van der Waals surface area contributed by atoms with Crippen molar-refractivity contribution < 1.29 is 13.9 Å². The van der Waals surface area contributed by atoms with Gasteiger partial charge in [0.2, 0.25) is 0 Å². The van der Waals surface area contributed by atoms with E-state index < -0.39 is 0 Å². The summed E-state index contributed by atoms with van der Waals surface area (Å²) in [6, 6.07) is 16.9. The zero-order chi connectivity index (χ0) is 16.2. The molecule has 4 heteroatoms. The van der Waals surface area contributed by atoms with Crippen LogP contribution in [0.4, 0.5) is 4.39 Å². The van der Waals surface area contributed by atoms with Crippen molar-refractivity contribution >= 4 is 6.29 Å². The van der Waals surface area contributed by atoms with Gasteiger partial charge in [-0.2, -0.15) is 0 Å². The van der Waals surface area contributed by atoms with Gasteiger partial charge in [-0.15, -0.1) is 0 Å². The van der Waals surface area contributed by atoms with Gasteiger partial charge in [-0.25, -0.2) is 9.37 Å². The first kappa shape index (κ1) is 14.9. The van der Waals surface area contributed by atoms with Gasteiger partial charge in [-0.1, -0.05) is 0 Å². The molecule has 23 heavy (non-hydrogen) atoms. The van der Waals surface area contributed by atoms with Crippen molar-refractivity contribution in [3.63, 3.8) is 0 Å². The predicted octanol–water partition coefficient (Wildman–Crippen LogP) is 4.38. The molecule has 0 spiro atoms. The van der Waals surface area contributed by atoms with Gasteiger partial charge in [0.25, 0.3) is 0 Å². The van der Waals surface area contributed by atoms with E-state index in [-0.39, 0.29) is 5.82 Å². The average Bonchev–Trinajstić information content (AvgIpc) is 2.62. The second-order valence-corrected chi connectivity index (χ2v) is 5.02. The molecule has 0 amide bonds. The minimum Gasteiger partial charge on any atom is -0.497 e. The number of carbonyl (C=O) groups excluding carboxylic acids is 1. The van der Waals surface area contributed by atoms with Crippen LogP contribution in [-0.4, -0.2) is 18.4 Å². The van der Waals surface area contributed by atoms with E-state index in [1.165, 1.54) is 12.1 Å². The number of ether oxygens (including phenoxy) is 1. The first-order valence-corrected chi connectivity index (χ1v) is 7.07. The normalized spacial score (nSPS) is 10.3. The Morgan fingerprint density at radius 2 is 1.43 bits per heavy atom. The summed E-state index contributed by atoms with van der Waals surface area (Å²) in [6.45, 7) is 0. The van der Waals surface area contributed by atoms with Crippen molar-refractivity contribution in [1.29, 1.82) is 0 Å². The summed E-state index contributed by atoms with van der Waals surface area (Å²) in [5.74, 6) is 0.440. The van der Waals surface area contributed by atoms with Gasteiger partial charge < -0.3 is 4.74 Å². The number of methoxy groups -OCH3 is 1. The molecule has 0 unspecified atom stereocenters. The monoisotopic (exact) mass is 307 g/mol. The van der Waals surface area contributed by atoms with Crippen LogP contribution in [0.5, 0.6) is 5.75 Å². The maximum Gasteiger partial charge on any atom is 0.150 e. The van der Waals surface area contributed by atoms with Gasteiger partial charge in [-0.05, 0) is 60.7 Å². The highest BCUT2D eigenvalue weighted by atomic mass is 19.1. The number of carbonyl (C=O) groups is 1. The van der Waals surface area contributed by atoms with Crippen LogP contribution in [0.25, 0.3) is 22.5 Å². The quantitative estimate of drug-likeness (QED) is 0.672. The first-order valence-electron chi connectivity index (χ1n) is 7.07. The number of hydrogen-bond acceptors (Lipinski definition) is 3. The largest absolute Gasteiger partial charge is 0.497 e. The molecule has 0 fully saturated rings. The fourth-order valence-electron chi connectivity index (χ4n) is 2.30. The topological polar surface area (TPSA) is 39.2 Å². The molecule has 2 aromatic carbocycles. The van der Waals surface area contributed by atoms with E-state index >= 15 is 0 Å². The molecule has 0 radical (unpaired) electrons. The fourth-order valence-corrected chi connectivity index (χ4v) is 2.30. The summed E-state index contributed by atoms with van der Waals surface area (Å²) in [5.41, 5.74) is 3.45. The summed E-state index contributed by atoms with van der Waals surface area (Å²) in [5, 5.41) is 0. The highest BCUT2D eigenvalue weighted by Crippen LogP contribution is 2.26. The molecule has 3 aromatic rings. The van der Waals surface area contributed by atoms with Crippen molar-refractivity contribution in [2.75, 3.05) is 7.11 Å². The van der Waals surface area contributed by atoms with Crippen LogP contribution < -0.4 is 4.74 Å². The van der Waals surface area contributed by atoms with Crippen molar-refractivity contribution in [2.24, 2.45) is 0 Å². The Morgan fingerprint density at radius 3 is 1.91 bits per heavy atom. The van der Waals surface area contributed by atoms with Crippen LogP contribution >= 0.6 is 0 Å². The molecule has 1 aromatic heterocycles. The SMILES string of the molecule is COc1ccc(-c2cc(C=O)cc(-c3ccc(F)cc3)n2)cc1. The summed E-state index contributed by atoms with van der Waals surface area (Å²) < 4.78 is 18.2. The molecule has 1 heterocycles. The Labute approximate surface area is 133 Å². The van der Waals surface area contributed by atoms with Crippen LogP contribution in [0.15, 0.2) is 60.7 Å². The van der Waals surface area contributed by atoms with Gasteiger partial charge in [0.05, 0.1) is 18.5 Å². The van der Waals surface area contributed by atoms with E-state index in [4.69, 9.17) is 4.74 Å². The minimum absolute atomic E-state index is 0.310. The van der Waals surface area contributed by atoms with Crippen LogP contribution in [0.2, 0.25) is 0 Å². The van der Waals surface area contributed by atoms with Gasteiger partial charge >= 0.3 is 0 Å². The van der Waals surface area contributed by atoms with E-state index in [0.29, 0.717) is 17.0 Å². The molecule has 0 saturated heterocycles. The lowest BCUT2D eigenvalue weighted by Crippen LogP contribution is -1.93. The number of nitrogens with zero attached hydrogens (tertiary/aromatic N) is 1. The van der Waals surface area contributed by atoms with Crippen molar-refractivity contribution in [1.82, 2.24) is 4.98 Å². The predicted molar refractivity (Wildman–Crippen MR) is 87.0 cm³/mol. The molecule has 0 N–H and O–H groups in total. The Balaban J connectivity index is 2.08.